The van der Waals surface area contributed by atoms with Crippen molar-refractivity contribution in [2.45, 2.75) is 31.9 Å². The molecule has 0 unspecified atom stereocenters. The SMILES string of the molecule is COC(=O)[C@H](Cc1ccccc1)NC(=O)C[C@@H]1OC(=O)c2c(C)cccc21. The first-order chi connectivity index (χ1) is 13.0. The zero-order chi connectivity index (χ0) is 19.4. The molecule has 0 spiro atoms. The molecule has 0 saturated carbocycles. The molecule has 0 radical (unpaired) electrons. The molecule has 0 aromatic heterocycles. The van der Waals surface area contributed by atoms with E-state index in [4.69, 9.17) is 9.47 Å². The number of ether oxygens (including phenoxy) is 2. The minimum atomic E-state index is -0.806. The zero-order valence-electron chi connectivity index (χ0n) is 15.2. The van der Waals surface area contributed by atoms with Crippen molar-refractivity contribution >= 4 is 17.8 Å². The van der Waals surface area contributed by atoms with E-state index in [0.29, 0.717) is 17.5 Å². The quantitative estimate of drug-likeness (QED) is 0.794. The molecule has 1 N–H and O–H groups in total. The highest BCUT2D eigenvalue weighted by Gasteiger charge is 2.34. The van der Waals surface area contributed by atoms with Crippen LogP contribution in [0.5, 0.6) is 0 Å². The second kappa shape index (κ2) is 8.03. The van der Waals surface area contributed by atoms with Crippen molar-refractivity contribution in [1.29, 1.82) is 0 Å². The summed E-state index contributed by atoms with van der Waals surface area (Å²) in [7, 11) is 1.28. The molecule has 1 aliphatic heterocycles. The van der Waals surface area contributed by atoms with Gasteiger partial charge in [-0.05, 0) is 18.1 Å². The van der Waals surface area contributed by atoms with Crippen LogP contribution < -0.4 is 5.32 Å². The summed E-state index contributed by atoms with van der Waals surface area (Å²) in [6, 6.07) is 14.0. The maximum absolute atomic E-state index is 12.5. The number of nitrogens with one attached hydrogen (secondary N) is 1. The average Bonchev–Trinajstić information content (AvgIpc) is 2.98. The van der Waals surface area contributed by atoms with Gasteiger partial charge >= 0.3 is 11.9 Å². The van der Waals surface area contributed by atoms with Crippen LogP contribution in [-0.2, 0) is 25.5 Å². The topological polar surface area (TPSA) is 81.7 Å². The van der Waals surface area contributed by atoms with Gasteiger partial charge in [0.15, 0.2) is 0 Å². The molecule has 1 amide bonds. The van der Waals surface area contributed by atoms with Gasteiger partial charge < -0.3 is 14.8 Å². The summed E-state index contributed by atoms with van der Waals surface area (Å²) in [6.45, 7) is 1.83. The van der Waals surface area contributed by atoms with Crippen LogP contribution in [0.1, 0.15) is 39.6 Å². The minimum absolute atomic E-state index is 0.0511. The summed E-state index contributed by atoms with van der Waals surface area (Å²) >= 11 is 0. The van der Waals surface area contributed by atoms with E-state index in [2.05, 4.69) is 5.32 Å². The Morgan fingerprint density at radius 2 is 1.89 bits per heavy atom. The first-order valence-corrected chi connectivity index (χ1v) is 8.71. The molecular formula is C21H21NO5. The van der Waals surface area contributed by atoms with Gasteiger partial charge in [-0.2, -0.15) is 0 Å². The molecule has 2 atom stereocenters. The smallest absolute Gasteiger partial charge is 0.339 e. The molecule has 0 fully saturated rings. The van der Waals surface area contributed by atoms with Crippen molar-refractivity contribution in [2.75, 3.05) is 7.11 Å². The predicted molar refractivity (Wildman–Crippen MR) is 98.0 cm³/mol. The largest absolute Gasteiger partial charge is 0.467 e. The third kappa shape index (κ3) is 4.16. The van der Waals surface area contributed by atoms with E-state index in [1.54, 1.807) is 6.07 Å². The van der Waals surface area contributed by atoms with Gasteiger partial charge in [0.1, 0.15) is 12.1 Å². The van der Waals surface area contributed by atoms with Crippen molar-refractivity contribution in [3.8, 4) is 0 Å². The highest BCUT2D eigenvalue weighted by Crippen LogP contribution is 2.34. The fourth-order valence-electron chi connectivity index (χ4n) is 3.25. The second-order valence-electron chi connectivity index (χ2n) is 6.47. The van der Waals surface area contributed by atoms with E-state index >= 15 is 0 Å². The lowest BCUT2D eigenvalue weighted by atomic mass is 9.98. The summed E-state index contributed by atoms with van der Waals surface area (Å²) in [6.07, 6.45) is -0.383. The number of rotatable bonds is 6. The molecule has 6 nitrogen and oxygen atoms in total. The van der Waals surface area contributed by atoms with E-state index in [0.717, 1.165) is 11.1 Å². The number of hydrogen-bond acceptors (Lipinski definition) is 5. The van der Waals surface area contributed by atoms with Gasteiger partial charge in [-0.15, -0.1) is 0 Å². The number of esters is 2. The van der Waals surface area contributed by atoms with Crippen LogP contribution in [0.15, 0.2) is 48.5 Å². The number of methoxy groups -OCH3 is 1. The molecule has 0 saturated heterocycles. The molecule has 2 aromatic rings. The highest BCUT2D eigenvalue weighted by atomic mass is 16.5. The number of aryl methyl sites for hydroxylation is 1. The molecule has 1 heterocycles. The normalized spacial score (nSPS) is 16.2. The highest BCUT2D eigenvalue weighted by molar-refractivity contribution is 5.96. The monoisotopic (exact) mass is 367 g/mol. The number of benzene rings is 2. The van der Waals surface area contributed by atoms with Crippen LogP contribution in [0, 0.1) is 6.92 Å². The number of cyclic esters (lactones) is 1. The summed E-state index contributed by atoms with van der Waals surface area (Å²) in [5.41, 5.74) is 2.94. The summed E-state index contributed by atoms with van der Waals surface area (Å²) in [4.78, 5) is 36.6. The van der Waals surface area contributed by atoms with E-state index in [1.807, 2.05) is 49.4 Å². The number of carbonyl (C=O) groups excluding carboxylic acids is 3. The van der Waals surface area contributed by atoms with Crippen LogP contribution in [0.3, 0.4) is 0 Å². The Balaban J connectivity index is 1.69. The Hall–Kier alpha value is -3.15. The lowest BCUT2D eigenvalue weighted by molar-refractivity contribution is -0.145. The van der Waals surface area contributed by atoms with Gasteiger partial charge in [0.2, 0.25) is 5.91 Å². The van der Waals surface area contributed by atoms with Crippen molar-refractivity contribution in [3.63, 3.8) is 0 Å². The maximum Gasteiger partial charge on any atom is 0.339 e. The molecule has 0 aliphatic carbocycles. The Kier molecular flexibility index (Phi) is 5.54. The first-order valence-electron chi connectivity index (χ1n) is 8.71. The first kappa shape index (κ1) is 18.6. The third-order valence-corrected chi connectivity index (χ3v) is 4.58. The number of fused-ring (bicyclic) bond motifs is 1. The summed E-state index contributed by atoms with van der Waals surface area (Å²) < 4.78 is 10.2. The molecule has 3 rings (SSSR count). The van der Waals surface area contributed by atoms with E-state index in [1.165, 1.54) is 7.11 Å². The van der Waals surface area contributed by atoms with Crippen LogP contribution in [0.4, 0.5) is 0 Å². The van der Waals surface area contributed by atoms with E-state index in [-0.39, 0.29) is 12.3 Å². The predicted octanol–water partition coefficient (Wildman–Crippen LogP) is 2.50. The Labute approximate surface area is 157 Å². The van der Waals surface area contributed by atoms with E-state index in [9.17, 15) is 14.4 Å². The molecule has 140 valence electrons. The zero-order valence-corrected chi connectivity index (χ0v) is 15.2. The molecule has 0 bridgehead atoms. The lowest BCUT2D eigenvalue weighted by Crippen LogP contribution is -2.43. The van der Waals surface area contributed by atoms with Gasteiger partial charge in [-0.1, -0.05) is 48.5 Å². The molecule has 27 heavy (non-hydrogen) atoms. The van der Waals surface area contributed by atoms with Crippen LogP contribution >= 0.6 is 0 Å². The summed E-state index contributed by atoms with van der Waals surface area (Å²) in [5, 5.41) is 2.70. The third-order valence-electron chi connectivity index (χ3n) is 4.58. The Bertz CT molecular complexity index is 862. The maximum atomic E-state index is 12.5. The van der Waals surface area contributed by atoms with Gasteiger partial charge in [-0.25, -0.2) is 9.59 Å². The summed E-state index contributed by atoms with van der Waals surface area (Å²) in [5.74, 6) is -1.32. The van der Waals surface area contributed by atoms with Crippen LogP contribution in [-0.4, -0.2) is 31.0 Å². The fraction of sp³-hybridized carbons (Fsp3) is 0.286. The van der Waals surface area contributed by atoms with Gasteiger partial charge in [0, 0.05) is 12.0 Å². The molecule has 6 heteroatoms. The van der Waals surface area contributed by atoms with Crippen molar-refractivity contribution in [1.82, 2.24) is 5.32 Å². The Morgan fingerprint density at radius 3 is 2.59 bits per heavy atom. The second-order valence-corrected chi connectivity index (χ2v) is 6.47. The molecule has 1 aliphatic rings. The van der Waals surface area contributed by atoms with Crippen LogP contribution in [0.2, 0.25) is 0 Å². The molecule has 2 aromatic carbocycles. The molecular weight excluding hydrogens is 346 g/mol. The van der Waals surface area contributed by atoms with Crippen molar-refractivity contribution in [3.05, 3.63) is 70.8 Å². The standard InChI is InChI=1S/C21H21NO5/c1-13-7-6-10-15-17(27-21(25)19(13)15)12-18(23)22-16(20(24)26-2)11-14-8-4-3-5-9-14/h3-10,16-17H,11-12H2,1-2H3,(H,22,23)/t16-,17-/m0/s1. The number of carbonyl (C=O) groups is 3. The van der Waals surface area contributed by atoms with Gasteiger partial charge in [0.05, 0.1) is 19.1 Å². The fourth-order valence-corrected chi connectivity index (χ4v) is 3.25. The van der Waals surface area contributed by atoms with E-state index < -0.39 is 24.1 Å². The number of hydrogen-bond donors (Lipinski definition) is 1. The Morgan fingerprint density at radius 1 is 1.15 bits per heavy atom. The van der Waals surface area contributed by atoms with Crippen LogP contribution in [0.25, 0.3) is 0 Å². The number of amides is 1. The van der Waals surface area contributed by atoms with Gasteiger partial charge in [-0.3, -0.25) is 4.79 Å². The van der Waals surface area contributed by atoms with Crippen molar-refractivity contribution in [2.24, 2.45) is 0 Å². The van der Waals surface area contributed by atoms with Crippen molar-refractivity contribution < 1.29 is 23.9 Å². The lowest BCUT2D eigenvalue weighted by Gasteiger charge is -2.18. The average molecular weight is 367 g/mol. The minimum Gasteiger partial charge on any atom is -0.467 e. The van der Waals surface area contributed by atoms with Gasteiger partial charge in [0.25, 0.3) is 0 Å².